The SMILES string of the molecule is C=CCNC(=S)[S-].C=CCNC(=S)[S-].[Ni+2]. The first-order valence-corrected chi connectivity index (χ1v) is 5.29. The third-order valence-electron chi connectivity index (χ3n) is 0.781. The van der Waals surface area contributed by atoms with Crippen molar-refractivity contribution >= 4 is 58.3 Å². The van der Waals surface area contributed by atoms with Gasteiger partial charge >= 0.3 is 16.5 Å². The summed E-state index contributed by atoms with van der Waals surface area (Å²) in [4.78, 5) is 0. The quantitative estimate of drug-likeness (QED) is 0.349. The topological polar surface area (TPSA) is 24.1 Å². The number of nitrogens with one attached hydrogen (secondary N) is 2. The Morgan fingerprint density at radius 3 is 1.33 bits per heavy atom. The van der Waals surface area contributed by atoms with E-state index in [-0.39, 0.29) is 16.5 Å². The normalized spacial score (nSPS) is 6.93. The molecule has 0 saturated heterocycles. The van der Waals surface area contributed by atoms with E-state index >= 15 is 0 Å². The summed E-state index contributed by atoms with van der Waals surface area (Å²) in [6, 6.07) is 0. The van der Waals surface area contributed by atoms with Gasteiger partial charge in [-0.3, -0.25) is 0 Å². The van der Waals surface area contributed by atoms with Crippen LogP contribution in [0.1, 0.15) is 0 Å². The maximum atomic E-state index is 4.52. The molecule has 0 heterocycles. The minimum absolute atomic E-state index is 0. The van der Waals surface area contributed by atoms with Crippen molar-refractivity contribution in [1.29, 1.82) is 0 Å². The van der Waals surface area contributed by atoms with Crippen molar-refractivity contribution in [3.05, 3.63) is 25.3 Å². The molecule has 2 nitrogen and oxygen atoms in total. The Morgan fingerprint density at radius 2 is 1.27 bits per heavy atom. The molecule has 0 unspecified atom stereocenters. The van der Waals surface area contributed by atoms with E-state index in [0.717, 1.165) is 0 Å². The molecule has 0 aliphatic carbocycles. The third-order valence-corrected chi connectivity index (χ3v) is 1.36. The molecule has 0 spiro atoms. The van der Waals surface area contributed by atoms with E-state index < -0.39 is 0 Å². The predicted octanol–water partition coefficient (Wildman–Crippen LogP) is 1.19. The molecule has 0 amide bonds. The van der Waals surface area contributed by atoms with E-state index in [4.69, 9.17) is 0 Å². The molecule has 15 heavy (non-hydrogen) atoms. The molecule has 0 radical (unpaired) electrons. The van der Waals surface area contributed by atoms with Crippen LogP contribution in [-0.4, -0.2) is 21.7 Å². The van der Waals surface area contributed by atoms with Crippen molar-refractivity contribution in [2.24, 2.45) is 0 Å². The minimum atomic E-state index is 0. The first kappa shape index (κ1) is 20.6. The number of hydrogen-bond donors (Lipinski definition) is 2. The van der Waals surface area contributed by atoms with Crippen LogP contribution >= 0.6 is 24.4 Å². The van der Waals surface area contributed by atoms with Crippen LogP contribution < -0.4 is 10.6 Å². The van der Waals surface area contributed by atoms with Crippen molar-refractivity contribution in [3.63, 3.8) is 0 Å². The van der Waals surface area contributed by atoms with Crippen LogP contribution in [0.3, 0.4) is 0 Å². The van der Waals surface area contributed by atoms with Gasteiger partial charge in [-0.1, -0.05) is 20.8 Å². The Labute approximate surface area is 123 Å². The second kappa shape index (κ2) is 16.6. The zero-order chi connectivity index (χ0) is 11.4. The van der Waals surface area contributed by atoms with E-state index in [1.807, 2.05) is 0 Å². The van der Waals surface area contributed by atoms with Gasteiger partial charge in [0.2, 0.25) is 0 Å². The Bertz CT molecular complexity index is 187. The fraction of sp³-hybridized carbons (Fsp3) is 0.250. The molecule has 88 valence electrons. The first-order chi connectivity index (χ1) is 6.54. The third kappa shape index (κ3) is 31.4. The molecule has 2 N–H and O–H groups in total. The van der Waals surface area contributed by atoms with E-state index in [0.29, 0.717) is 21.7 Å². The molecule has 0 aromatic heterocycles. The summed E-state index contributed by atoms with van der Waals surface area (Å²) >= 11 is 18.1. The number of hydrogen-bond acceptors (Lipinski definition) is 4. The van der Waals surface area contributed by atoms with Crippen LogP contribution in [0.5, 0.6) is 0 Å². The van der Waals surface area contributed by atoms with E-state index in [1.54, 1.807) is 12.2 Å². The standard InChI is InChI=1S/2C4H7NS2.Ni/c2*1-2-3-5-4(6)7;/h2*2H,1,3H2,(H2,5,6,7);/q;;+2/p-2. The summed E-state index contributed by atoms with van der Waals surface area (Å²) in [5.74, 6) is 0. The molecule has 0 aliphatic heterocycles. The van der Waals surface area contributed by atoms with E-state index in [2.05, 4.69) is 73.5 Å². The largest absolute Gasteiger partial charge is 2.00 e. The zero-order valence-corrected chi connectivity index (χ0v) is 12.2. The van der Waals surface area contributed by atoms with Crippen molar-refractivity contribution in [2.45, 2.75) is 0 Å². The Morgan fingerprint density at radius 1 is 1.00 bits per heavy atom. The van der Waals surface area contributed by atoms with Gasteiger partial charge in [-0.05, 0) is 0 Å². The van der Waals surface area contributed by atoms with Gasteiger partial charge in [0.1, 0.15) is 0 Å². The van der Waals surface area contributed by atoms with Crippen molar-refractivity contribution in [3.8, 4) is 0 Å². The fourth-order valence-corrected chi connectivity index (χ4v) is 0.644. The molecule has 0 saturated carbocycles. The van der Waals surface area contributed by atoms with E-state index in [9.17, 15) is 0 Å². The van der Waals surface area contributed by atoms with Crippen LogP contribution in [0, 0.1) is 0 Å². The van der Waals surface area contributed by atoms with Gasteiger partial charge in [0.25, 0.3) is 0 Å². The van der Waals surface area contributed by atoms with Crippen LogP contribution in [0.4, 0.5) is 0 Å². The first-order valence-electron chi connectivity index (χ1n) is 3.66. The van der Waals surface area contributed by atoms with Gasteiger partial charge in [-0.15, -0.1) is 13.2 Å². The Kier molecular flexibility index (Phi) is 22.8. The molecule has 7 heteroatoms. The maximum Gasteiger partial charge on any atom is 2.00 e. The molecule has 0 rings (SSSR count). The van der Waals surface area contributed by atoms with Gasteiger partial charge < -0.3 is 60.3 Å². The average Bonchev–Trinajstić information content (AvgIpc) is 2.12. The zero-order valence-electron chi connectivity index (χ0n) is 7.93. The molecule has 0 aliphatic rings. The molecule has 0 atom stereocenters. The Hall–Kier alpha value is 0.194. The summed E-state index contributed by atoms with van der Waals surface area (Å²) in [6.45, 7) is 8.27. The molecule has 0 fully saturated rings. The van der Waals surface area contributed by atoms with E-state index in [1.165, 1.54) is 0 Å². The van der Waals surface area contributed by atoms with Gasteiger partial charge in [0, 0.05) is 13.1 Å². The van der Waals surface area contributed by atoms with Gasteiger partial charge in [0.05, 0.1) is 0 Å². The second-order valence-electron chi connectivity index (χ2n) is 1.91. The molecular weight excluding hydrogens is 311 g/mol. The fourth-order valence-electron chi connectivity index (χ4n) is 0.311. The molecule has 0 aromatic rings. The average molecular weight is 323 g/mol. The second-order valence-corrected chi connectivity index (χ2v) is 4.06. The number of rotatable bonds is 4. The smallest absolute Gasteiger partial charge is 0.412 e. The van der Waals surface area contributed by atoms with Crippen LogP contribution in [-0.2, 0) is 41.7 Å². The summed E-state index contributed by atoms with van der Waals surface area (Å²) in [5, 5.41) is 5.45. The van der Waals surface area contributed by atoms with Crippen LogP contribution in [0.2, 0.25) is 0 Å². The molecule has 0 aromatic carbocycles. The molecule has 0 bridgehead atoms. The van der Waals surface area contributed by atoms with Crippen LogP contribution in [0.25, 0.3) is 0 Å². The van der Waals surface area contributed by atoms with Crippen molar-refractivity contribution in [1.82, 2.24) is 10.6 Å². The summed E-state index contributed by atoms with van der Waals surface area (Å²) in [7, 11) is 0. The summed E-state index contributed by atoms with van der Waals surface area (Å²) in [5.41, 5.74) is 0. The predicted molar refractivity (Wildman–Crippen MR) is 76.3 cm³/mol. The Balaban J connectivity index is -0.000000180. The van der Waals surface area contributed by atoms with Gasteiger partial charge in [0.15, 0.2) is 0 Å². The van der Waals surface area contributed by atoms with Gasteiger partial charge in [-0.25, -0.2) is 0 Å². The maximum absolute atomic E-state index is 4.52. The van der Waals surface area contributed by atoms with Crippen molar-refractivity contribution in [2.75, 3.05) is 13.1 Å². The van der Waals surface area contributed by atoms with Crippen molar-refractivity contribution < 1.29 is 16.5 Å². The minimum Gasteiger partial charge on any atom is -0.412 e. The van der Waals surface area contributed by atoms with Crippen LogP contribution in [0.15, 0.2) is 25.3 Å². The molecular formula is C8H12N2NiS4. The summed E-state index contributed by atoms with van der Waals surface area (Å²) in [6.07, 6.45) is 3.41. The van der Waals surface area contributed by atoms with Gasteiger partial charge in [-0.2, -0.15) is 0 Å². The monoisotopic (exact) mass is 322 g/mol. The number of thiocarbonyl (C=S) groups is 2. The summed E-state index contributed by atoms with van der Waals surface area (Å²) < 4.78 is 0.805.